The van der Waals surface area contributed by atoms with Crippen LogP contribution in [0.1, 0.15) is 76.7 Å². The van der Waals surface area contributed by atoms with Crippen LogP contribution in [0.15, 0.2) is 30.3 Å². The summed E-state index contributed by atoms with van der Waals surface area (Å²) in [4.78, 5) is 0. The molecule has 0 atom stereocenters. The Bertz CT molecular complexity index is 345. The van der Waals surface area contributed by atoms with Gasteiger partial charge in [-0.3, -0.25) is 0 Å². The standard InChI is InChI=1S/C18H30.O2S/c1-2-3-4-5-6-7-8-9-10-12-15-18-16-13-11-14-17-18;1-3-2/h11,13-14,16-17H,2-10,12,15H2,1H3;. The largest absolute Gasteiger partial charge is 0.335 e. The number of rotatable bonds is 11. The van der Waals surface area contributed by atoms with Crippen LogP contribution in [0.25, 0.3) is 0 Å². The average molecular weight is 311 g/mol. The molecule has 0 saturated heterocycles. The lowest BCUT2D eigenvalue weighted by Crippen LogP contribution is -1.86. The third-order valence-electron chi connectivity index (χ3n) is 3.66. The van der Waals surface area contributed by atoms with Crippen LogP contribution in [0.5, 0.6) is 0 Å². The van der Waals surface area contributed by atoms with Gasteiger partial charge in [0, 0.05) is 0 Å². The van der Waals surface area contributed by atoms with E-state index in [0.717, 1.165) is 0 Å². The molecule has 0 aromatic heterocycles. The summed E-state index contributed by atoms with van der Waals surface area (Å²) in [5.41, 5.74) is 1.50. The quantitative estimate of drug-likeness (QED) is 0.507. The molecule has 0 N–H and O–H groups in total. The van der Waals surface area contributed by atoms with Crippen molar-refractivity contribution in [1.29, 1.82) is 0 Å². The average Bonchev–Trinajstić information content (AvgIpc) is 2.51. The molecule has 0 unspecified atom stereocenters. The monoisotopic (exact) mass is 310 g/mol. The minimum atomic E-state index is -0.750. The molecule has 0 bridgehead atoms. The van der Waals surface area contributed by atoms with E-state index in [-0.39, 0.29) is 0 Å². The third-order valence-corrected chi connectivity index (χ3v) is 3.66. The lowest BCUT2D eigenvalue weighted by molar-refractivity contribution is 0.556. The Labute approximate surface area is 134 Å². The Morgan fingerprint density at radius 2 is 1.14 bits per heavy atom. The molecule has 0 saturated carbocycles. The molecule has 0 aliphatic heterocycles. The Kier molecular flexibility index (Phi) is 16.3. The van der Waals surface area contributed by atoms with Crippen LogP contribution in [0.4, 0.5) is 0 Å². The molecule has 0 fully saturated rings. The van der Waals surface area contributed by atoms with Crippen LogP contribution < -0.4 is 0 Å². The molecule has 120 valence electrons. The van der Waals surface area contributed by atoms with Crippen molar-refractivity contribution in [1.82, 2.24) is 0 Å². The van der Waals surface area contributed by atoms with Crippen molar-refractivity contribution in [3.05, 3.63) is 35.9 Å². The summed E-state index contributed by atoms with van der Waals surface area (Å²) in [5, 5.41) is 0. The summed E-state index contributed by atoms with van der Waals surface area (Å²) in [5.74, 6) is 0. The highest BCUT2D eigenvalue weighted by Gasteiger charge is 1.94. The molecule has 21 heavy (non-hydrogen) atoms. The first kappa shape index (κ1) is 20.0. The number of aryl methyl sites for hydroxylation is 1. The Morgan fingerprint density at radius 3 is 1.62 bits per heavy atom. The zero-order valence-corrected chi connectivity index (χ0v) is 14.2. The predicted molar refractivity (Wildman–Crippen MR) is 90.9 cm³/mol. The van der Waals surface area contributed by atoms with Crippen LogP contribution in [0.2, 0.25) is 0 Å². The molecule has 1 rings (SSSR count). The second-order valence-corrected chi connectivity index (χ2v) is 5.62. The second kappa shape index (κ2) is 17.1. The highest BCUT2D eigenvalue weighted by atomic mass is 32.1. The van der Waals surface area contributed by atoms with Crippen LogP contribution in [0.3, 0.4) is 0 Å². The highest BCUT2D eigenvalue weighted by Crippen LogP contribution is 2.12. The number of hydrogen-bond acceptors (Lipinski definition) is 2. The summed E-state index contributed by atoms with van der Waals surface area (Å²) in [7, 11) is 0. The van der Waals surface area contributed by atoms with Gasteiger partial charge in [-0.25, -0.2) is 0 Å². The molecule has 0 aliphatic carbocycles. The molecule has 2 nitrogen and oxygen atoms in total. The van der Waals surface area contributed by atoms with Crippen molar-refractivity contribution in [2.45, 2.75) is 77.6 Å². The third kappa shape index (κ3) is 15.3. The molecule has 0 radical (unpaired) electrons. The summed E-state index contributed by atoms with van der Waals surface area (Å²) in [6, 6.07) is 10.9. The Balaban J connectivity index is 0.00000122. The minimum Gasteiger partial charge on any atom is -0.168 e. The zero-order valence-electron chi connectivity index (χ0n) is 13.4. The number of hydrogen-bond donors (Lipinski definition) is 0. The Morgan fingerprint density at radius 1 is 0.714 bits per heavy atom. The van der Waals surface area contributed by atoms with Crippen LogP contribution in [-0.4, -0.2) is 8.42 Å². The lowest BCUT2D eigenvalue weighted by Gasteiger charge is -2.03. The maximum Gasteiger partial charge on any atom is 0.335 e. The van der Waals surface area contributed by atoms with Crippen LogP contribution in [0, 0.1) is 0 Å². The SMILES string of the molecule is CCCCCCCCCCCCc1ccccc1.O=S=O. The number of unbranched alkanes of at least 4 members (excludes halogenated alkanes) is 9. The lowest BCUT2D eigenvalue weighted by atomic mass is 10.0. The van der Waals surface area contributed by atoms with Gasteiger partial charge in [-0.15, -0.1) is 0 Å². The van der Waals surface area contributed by atoms with Gasteiger partial charge in [0.15, 0.2) is 0 Å². The molecule has 0 spiro atoms. The van der Waals surface area contributed by atoms with E-state index in [1.54, 1.807) is 0 Å². The molecular weight excluding hydrogens is 280 g/mol. The van der Waals surface area contributed by atoms with Crippen molar-refractivity contribution in [2.24, 2.45) is 0 Å². The van der Waals surface area contributed by atoms with Crippen molar-refractivity contribution < 1.29 is 8.42 Å². The van der Waals surface area contributed by atoms with E-state index in [1.807, 2.05) is 0 Å². The van der Waals surface area contributed by atoms with Gasteiger partial charge in [-0.1, -0.05) is 95.0 Å². The first-order valence-corrected chi connectivity index (χ1v) is 8.97. The Hall–Kier alpha value is -0.960. The van der Waals surface area contributed by atoms with E-state index in [1.165, 1.54) is 76.2 Å². The summed E-state index contributed by atoms with van der Waals surface area (Å²) >= 11 is -0.750. The van der Waals surface area contributed by atoms with Gasteiger partial charge in [-0.2, -0.15) is 8.42 Å². The van der Waals surface area contributed by atoms with Gasteiger partial charge < -0.3 is 0 Å². The summed E-state index contributed by atoms with van der Waals surface area (Å²) in [6.45, 7) is 2.28. The van der Waals surface area contributed by atoms with Gasteiger partial charge >= 0.3 is 11.6 Å². The topological polar surface area (TPSA) is 34.1 Å². The van der Waals surface area contributed by atoms with Crippen molar-refractivity contribution in [2.75, 3.05) is 0 Å². The summed E-state index contributed by atoms with van der Waals surface area (Å²) in [6.07, 6.45) is 15.5. The first-order chi connectivity index (χ1) is 10.3. The van der Waals surface area contributed by atoms with E-state index >= 15 is 0 Å². The fourth-order valence-electron chi connectivity index (χ4n) is 2.46. The molecule has 0 heterocycles. The van der Waals surface area contributed by atoms with Gasteiger partial charge in [0.25, 0.3) is 0 Å². The van der Waals surface area contributed by atoms with E-state index in [2.05, 4.69) is 37.3 Å². The van der Waals surface area contributed by atoms with Gasteiger partial charge in [0.05, 0.1) is 0 Å². The smallest absolute Gasteiger partial charge is 0.168 e. The van der Waals surface area contributed by atoms with Crippen molar-refractivity contribution >= 4 is 11.6 Å². The van der Waals surface area contributed by atoms with E-state index in [9.17, 15) is 0 Å². The number of benzene rings is 1. The van der Waals surface area contributed by atoms with Gasteiger partial charge in [0.2, 0.25) is 0 Å². The zero-order chi connectivity index (χ0) is 15.6. The minimum absolute atomic E-state index is 0.750. The van der Waals surface area contributed by atoms with Gasteiger partial charge in [-0.05, 0) is 18.4 Å². The maximum atomic E-state index is 8.29. The maximum absolute atomic E-state index is 8.29. The molecule has 1 aromatic carbocycles. The fraction of sp³-hybridized carbons (Fsp3) is 0.667. The molecule has 0 amide bonds. The second-order valence-electron chi connectivity index (χ2n) is 5.49. The molecule has 1 aromatic rings. The van der Waals surface area contributed by atoms with Crippen molar-refractivity contribution in [3.63, 3.8) is 0 Å². The molecule has 3 heteroatoms. The van der Waals surface area contributed by atoms with Crippen molar-refractivity contribution in [3.8, 4) is 0 Å². The first-order valence-electron chi connectivity index (χ1n) is 8.30. The summed E-state index contributed by atoms with van der Waals surface area (Å²) < 4.78 is 16.6. The highest BCUT2D eigenvalue weighted by molar-refractivity contribution is 7.51. The van der Waals surface area contributed by atoms with E-state index in [0.29, 0.717) is 0 Å². The van der Waals surface area contributed by atoms with E-state index in [4.69, 9.17) is 8.42 Å². The predicted octanol–water partition coefficient (Wildman–Crippen LogP) is 5.48. The van der Waals surface area contributed by atoms with E-state index < -0.39 is 11.6 Å². The van der Waals surface area contributed by atoms with Crippen LogP contribution in [-0.2, 0) is 18.0 Å². The molecular formula is C18H30O2S. The fourth-order valence-corrected chi connectivity index (χ4v) is 2.46. The van der Waals surface area contributed by atoms with Gasteiger partial charge in [0.1, 0.15) is 0 Å². The normalized spacial score (nSPS) is 9.76. The van der Waals surface area contributed by atoms with Crippen LogP contribution >= 0.6 is 0 Å². The molecule has 0 aliphatic rings.